The van der Waals surface area contributed by atoms with Gasteiger partial charge in [-0.2, -0.15) is 5.10 Å². The molecule has 1 amide bonds. The highest BCUT2D eigenvalue weighted by molar-refractivity contribution is 5.88. The van der Waals surface area contributed by atoms with Gasteiger partial charge in [0.15, 0.2) is 5.69 Å². The second-order valence-electron chi connectivity index (χ2n) is 3.58. The number of aromatic carboxylic acids is 1. The zero-order valence-corrected chi connectivity index (χ0v) is 8.52. The van der Waals surface area contributed by atoms with Crippen LogP contribution in [0.1, 0.15) is 28.7 Å². The lowest BCUT2D eigenvalue weighted by molar-refractivity contribution is -0.129. The first-order valence-electron chi connectivity index (χ1n) is 4.54. The molecule has 0 saturated heterocycles. The highest BCUT2D eigenvalue weighted by Crippen LogP contribution is 2.24. The molecule has 0 aliphatic carbocycles. The van der Waals surface area contributed by atoms with Crippen LogP contribution in [-0.4, -0.2) is 31.7 Å². The van der Waals surface area contributed by atoms with Crippen molar-refractivity contribution in [3.63, 3.8) is 0 Å². The van der Waals surface area contributed by atoms with E-state index in [0.29, 0.717) is 24.3 Å². The van der Waals surface area contributed by atoms with Crippen molar-refractivity contribution in [2.75, 3.05) is 0 Å². The average Bonchev–Trinajstić information content (AvgIpc) is 2.58. The van der Waals surface area contributed by atoms with E-state index in [-0.39, 0.29) is 11.6 Å². The number of carboxylic acids is 1. The van der Waals surface area contributed by atoms with Crippen LogP contribution in [-0.2, 0) is 24.9 Å². The van der Waals surface area contributed by atoms with Gasteiger partial charge < -0.3 is 10.0 Å². The van der Waals surface area contributed by atoms with Crippen molar-refractivity contribution in [2.45, 2.75) is 20.0 Å². The molecular weight excluding hydrogens is 198 g/mol. The molecule has 0 spiro atoms. The van der Waals surface area contributed by atoms with Gasteiger partial charge in [-0.1, -0.05) is 0 Å². The third-order valence-electron chi connectivity index (χ3n) is 2.57. The highest BCUT2D eigenvalue weighted by Gasteiger charge is 2.30. The molecule has 1 N–H and O–H groups in total. The van der Waals surface area contributed by atoms with Crippen LogP contribution in [0.2, 0.25) is 0 Å². The molecule has 0 atom stereocenters. The SMILES string of the molecule is CC(=O)N1Cc2nn(C)c(C(=O)O)c2C1. The van der Waals surface area contributed by atoms with Crippen LogP contribution in [0, 0.1) is 0 Å². The number of rotatable bonds is 1. The molecule has 80 valence electrons. The molecular formula is C9H11N3O3. The minimum atomic E-state index is -1.00. The van der Waals surface area contributed by atoms with E-state index < -0.39 is 5.97 Å². The minimum absolute atomic E-state index is 0.0630. The van der Waals surface area contributed by atoms with E-state index >= 15 is 0 Å². The van der Waals surface area contributed by atoms with Crippen molar-refractivity contribution in [1.29, 1.82) is 0 Å². The third kappa shape index (κ3) is 1.38. The number of nitrogens with zero attached hydrogens (tertiary/aromatic N) is 3. The number of hydrogen-bond acceptors (Lipinski definition) is 3. The molecule has 6 heteroatoms. The number of hydrogen-bond donors (Lipinski definition) is 1. The Morgan fingerprint density at radius 2 is 2.07 bits per heavy atom. The number of aromatic nitrogens is 2. The molecule has 0 bridgehead atoms. The highest BCUT2D eigenvalue weighted by atomic mass is 16.4. The zero-order valence-electron chi connectivity index (χ0n) is 8.52. The molecule has 1 aliphatic rings. The molecule has 0 fully saturated rings. The number of fused-ring (bicyclic) bond motifs is 1. The summed E-state index contributed by atoms with van der Waals surface area (Å²) >= 11 is 0. The first-order chi connectivity index (χ1) is 7.00. The van der Waals surface area contributed by atoms with E-state index in [4.69, 9.17) is 5.11 Å². The Morgan fingerprint density at radius 3 is 2.60 bits per heavy atom. The maximum atomic E-state index is 11.1. The molecule has 1 aromatic heterocycles. The molecule has 15 heavy (non-hydrogen) atoms. The lowest BCUT2D eigenvalue weighted by Crippen LogP contribution is -2.23. The van der Waals surface area contributed by atoms with Crippen LogP contribution < -0.4 is 0 Å². The smallest absolute Gasteiger partial charge is 0.354 e. The van der Waals surface area contributed by atoms with Gasteiger partial charge in [-0.15, -0.1) is 0 Å². The van der Waals surface area contributed by atoms with Crippen LogP contribution in [0.5, 0.6) is 0 Å². The first-order valence-corrected chi connectivity index (χ1v) is 4.54. The van der Waals surface area contributed by atoms with Crippen molar-refractivity contribution in [3.8, 4) is 0 Å². The van der Waals surface area contributed by atoms with Crippen LogP contribution in [0.25, 0.3) is 0 Å². The van der Waals surface area contributed by atoms with Crippen LogP contribution in [0.3, 0.4) is 0 Å². The minimum Gasteiger partial charge on any atom is -0.477 e. The molecule has 0 saturated carbocycles. The molecule has 0 aromatic carbocycles. The summed E-state index contributed by atoms with van der Waals surface area (Å²) in [6.07, 6.45) is 0. The van der Waals surface area contributed by atoms with Gasteiger partial charge >= 0.3 is 5.97 Å². The third-order valence-corrected chi connectivity index (χ3v) is 2.57. The first kappa shape index (κ1) is 9.70. The fourth-order valence-electron chi connectivity index (χ4n) is 1.83. The van der Waals surface area contributed by atoms with E-state index in [9.17, 15) is 9.59 Å². The van der Waals surface area contributed by atoms with Crippen LogP contribution in [0.4, 0.5) is 0 Å². The van der Waals surface area contributed by atoms with Gasteiger partial charge in [0.1, 0.15) is 0 Å². The van der Waals surface area contributed by atoms with E-state index in [0.717, 1.165) is 0 Å². The lowest BCUT2D eigenvalue weighted by atomic mass is 10.2. The average molecular weight is 209 g/mol. The van der Waals surface area contributed by atoms with Crippen LogP contribution in [0.15, 0.2) is 0 Å². The predicted molar refractivity (Wildman–Crippen MR) is 50.1 cm³/mol. The molecule has 1 aromatic rings. The summed E-state index contributed by atoms with van der Waals surface area (Å²) in [4.78, 5) is 23.7. The van der Waals surface area contributed by atoms with Gasteiger partial charge in [0.2, 0.25) is 5.91 Å². The molecule has 0 radical (unpaired) electrons. The van der Waals surface area contributed by atoms with Gasteiger partial charge in [-0.05, 0) is 0 Å². The maximum absolute atomic E-state index is 11.1. The summed E-state index contributed by atoms with van der Waals surface area (Å²) in [7, 11) is 1.60. The van der Waals surface area contributed by atoms with Gasteiger partial charge in [-0.25, -0.2) is 4.79 Å². The summed E-state index contributed by atoms with van der Waals surface area (Å²) in [5, 5.41) is 13.1. The number of carbonyl (C=O) groups excluding carboxylic acids is 1. The Bertz CT molecular complexity index is 450. The fourth-order valence-corrected chi connectivity index (χ4v) is 1.83. The van der Waals surface area contributed by atoms with Crippen LogP contribution >= 0.6 is 0 Å². The summed E-state index contributed by atoms with van der Waals surface area (Å²) in [5.41, 5.74) is 1.51. The Hall–Kier alpha value is -1.85. The molecule has 1 aliphatic heterocycles. The van der Waals surface area contributed by atoms with Gasteiger partial charge in [0.05, 0.1) is 18.8 Å². The number of aryl methyl sites for hydroxylation is 1. The van der Waals surface area contributed by atoms with Gasteiger partial charge in [-0.3, -0.25) is 9.48 Å². The Kier molecular flexibility index (Phi) is 1.99. The second-order valence-corrected chi connectivity index (χ2v) is 3.58. The van der Waals surface area contributed by atoms with Crippen molar-refractivity contribution < 1.29 is 14.7 Å². The lowest BCUT2D eigenvalue weighted by Gasteiger charge is -2.12. The van der Waals surface area contributed by atoms with E-state index in [1.54, 1.807) is 11.9 Å². The number of amides is 1. The van der Waals surface area contributed by atoms with Crippen molar-refractivity contribution in [1.82, 2.24) is 14.7 Å². The number of carboxylic acid groups (broad SMARTS) is 1. The fraction of sp³-hybridized carbons (Fsp3) is 0.444. The summed E-state index contributed by atoms with van der Waals surface area (Å²) < 4.78 is 1.35. The Labute approximate surface area is 86.1 Å². The van der Waals surface area contributed by atoms with E-state index in [1.165, 1.54) is 11.6 Å². The van der Waals surface area contributed by atoms with E-state index in [2.05, 4.69) is 5.10 Å². The summed E-state index contributed by atoms with van der Waals surface area (Å²) in [6, 6.07) is 0. The molecule has 2 rings (SSSR count). The van der Waals surface area contributed by atoms with Crippen molar-refractivity contribution in [2.24, 2.45) is 7.05 Å². The van der Waals surface area contributed by atoms with Gasteiger partial charge in [0, 0.05) is 19.5 Å². The Morgan fingerprint density at radius 1 is 1.40 bits per heavy atom. The summed E-state index contributed by atoms with van der Waals surface area (Å²) in [6.45, 7) is 2.22. The largest absolute Gasteiger partial charge is 0.477 e. The quantitative estimate of drug-likeness (QED) is 0.705. The van der Waals surface area contributed by atoms with Gasteiger partial charge in [0.25, 0.3) is 0 Å². The topological polar surface area (TPSA) is 75.4 Å². The second kappa shape index (κ2) is 3.08. The molecule has 2 heterocycles. The monoisotopic (exact) mass is 209 g/mol. The predicted octanol–water partition coefficient (Wildman–Crippen LogP) is -0.0196. The van der Waals surface area contributed by atoms with E-state index in [1.807, 2.05) is 0 Å². The maximum Gasteiger partial charge on any atom is 0.354 e. The standard InChI is InChI=1S/C9H11N3O3/c1-5(13)12-3-6-7(4-12)10-11(2)8(6)9(14)15/h3-4H2,1-2H3,(H,14,15). The molecule has 6 nitrogen and oxygen atoms in total. The zero-order chi connectivity index (χ0) is 11.2. The molecule has 0 unspecified atom stereocenters. The number of carbonyl (C=O) groups is 2. The normalized spacial score (nSPS) is 14.1. The van der Waals surface area contributed by atoms with Crippen molar-refractivity contribution >= 4 is 11.9 Å². The Balaban J connectivity index is 2.41. The summed E-state index contributed by atoms with van der Waals surface area (Å²) in [5.74, 6) is -1.07. The van der Waals surface area contributed by atoms with Crippen molar-refractivity contribution in [3.05, 3.63) is 17.0 Å².